The fourth-order valence-corrected chi connectivity index (χ4v) is 1.70. The fraction of sp³-hybridized carbons (Fsp3) is 0.615. The number of unbranched alkanes of at least 4 members (excludes halogenated alkanes) is 1. The largest absolute Gasteiger partial charge is 0.416 e. The second-order valence-electron chi connectivity index (χ2n) is 4.98. The van der Waals surface area contributed by atoms with Crippen molar-refractivity contribution in [2.75, 3.05) is 17.6 Å². The van der Waals surface area contributed by atoms with Gasteiger partial charge in [0.05, 0.1) is 5.56 Å². The molecule has 108 valence electrons. The van der Waals surface area contributed by atoms with Crippen LogP contribution in [-0.2, 0) is 6.18 Å². The lowest BCUT2D eigenvalue weighted by Crippen LogP contribution is -2.10. The minimum absolute atomic E-state index is 0.125. The lowest BCUT2D eigenvalue weighted by atomic mass is 10.1. The van der Waals surface area contributed by atoms with E-state index in [2.05, 4.69) is 24.1 Å². The van der Waals surface area contributed by atoms with Gasteiger partial charge in [-0.1, -0.05) is 26.7 Å². The predicted octanol–water partition coefficient (Wildman–Crippen LogP) is 3.92. The van der Waals surface area contributed by atoms with E-state index >= 15 is 0 Å². The summed E-state index contributed by atoms with van der Waals surface area (Å²) < 4.78 is 37.7. The number of nitrogen functional groups attached to an aromatic ring is 1. The maximum Gasteiger partial charge on any atom is 0.416 e. The van der Waals surface area contributed by atoms with Crippen molar-refractivity contribution in [2.24, 2.45) is 5.92 Å². The summed E-state index contributed by atoms with van der Waals surface area (Å²) >= 11 is 0. The monoisotopic (exact) mass is 275 g/mol. The van der Waals surface area contributed by atoms with E-state index in [-0.39, 0.29) is 11.6 Å². The number of halogens is 3. The van der Waals surface area contributed by atoms with Gasteiger partial charge in [0.25, 0.3) is 0 Å². The van der Waals surface area contributed by atoms with Crippen molar-refractivity contribution < 1.29 is 13.2 Å². The molecule has 0 amide bonds. The Kier molecular flexibility index (Phi) is 5.44. The topological polar surface area (TPSA) is 50.9 Å². The molecule has 0 aliphatic rings. The highest BCUT2D eigenvalue weighted by atomic mass is 19.4. The van der Waals surface area contributed by atoms with Crippen LogP contribution in [-0.4, -0.2) is 11.5 Å². The third-order valence-corrected chi connectivity index (χ3v) is 2.69. The molecule has 0 spiro atoms. The van der Waals surface area contributed by atoms with E-state index in [0.717, 1.165) is 31.4 Å². The van der Waals surface area contributed by atoms with Crippen molar-refractivity contribution in [3.05, 3.63) is 17.7 Å². The van der Waals surface area contributed by atoms with Gasteiger partial charge in [-0.3, -0.25) is 0 Å². The van der Waals surface area contributed by atoms with Crippen LogP contribution in [0.5, 0.6) is 0 Å². The Morgan fingerprint density at radius 1 is 1.26 bits per heavy atom. The number of nitrogens with two attached hydrogens (primary N) is 1. The van der Waals surface area contributed by atoms with Gasteiger partial charge in [-0.05, 0) is 24.5 Å². The fourth-order valence-electron chi connectivity index (χ4n) is 1.70. The molecular weight excluding hydrogens is 255 g/mol. The molecule has 1 aromatic heterocycles. The normalized spacial score (nSPS) is 11.9. The average Bonchev–Trinajstić information content (AvgIpc) is 2.26. The summed E-state index contributed by atoms with van der Waals surface area (Å²) in [6.07, 6.45) is -1.35. The molecule has 0 atom stereocenters. The number of pyridine rings is 1. The lowest BCUT2D eigenvalue weighted by molar-refractivity contribution is -0.137. The van der Waals surface area contributed by atoms with Crippen molar-refractivity contribution in [1.29, 1.82) is 0 Å². The molecule has 0 saturated heterocycles. The zero-order valence-electron chi connectivity index (χ0n) is 11.2. The van der Waals surface area contributed by atoms with Crippen LogP contribution in [0.4, 0.5) is 24.8 Å². The standard InChI is InChI=1S/C13H20F3N3/c1-9(2)5-3-4-6-18-12-8-10(13(14,15)16)7-11(17)19-12/h7-9H,3-6H2,1-2H3,(H3,17,18,19). The van der Waals surface area contributed by atoms with Crippen LogP contribution in [0.2, 0.25) is 0 Å². The van der Waals surface area contributed by atoms with Crippen molar-refractivity contribution >= 4 is 11.6 Å². The van der Waals surface area contributed by atoms with E-state index in [9.17, 15) is 13.2 Å². The number of hydrogen-bond donors (Lipinski definition) is 2. The molecule has 1 heterocycles. The number of aromatic nitrogens is 1. The van der Waals surface area contributed by atoms with Crippen molar-refractivity contribution in [2.45, 2.75) is 39.3 Å². The number of nitrogens with zero attached hydrogens (tertiary/aromatic N) is 1. The second kappa shape index (κ2) is 6.63. The smallest absolute Gasteiger partial charge is 0.384 e. The molecule has 6 heteroatoms. The van der Waals surface area contributed by atoms with Crippen LogP contribution < -0.4 is 11.1 Å². The molecule has 3 nitrogen and oxygen atoms in total. The van der Waals surface area contributed by atoms with Gasteiger partial charge in [0.1, 0.15) is 11.6 Å². The Morgan fingerprint density at radius 3 is 2.53 bits per heavy atom. The van der Waals surface area contributed by atoms with Crippen LogP contribution in [0.25, 0.3) is 0 Å². The molecule has 0 aliphatic heterocycles. The minimum atomic E-state index is -4.40. The van der Waals surface area contributed by atoms with Crippen LogP contribution in [0.3, 0.4) is 0 Å². The summed E-state index contributed by atoms with van der Waals surface area (Å²) in [4.78, 5) is 3.85. The van der Waals surface area contributed by atoms with Gasteiger partial charge in [0, 0.05) is 6.54 Å². The number of anilines is 2. The summed E-state index contributed by atoms with van der Waals surface area (Å²) in [5.74, 6) is 0.693. The molecule has 3 N–H and O–H groups in total. The Balaban J connectivity index is 2.52. The summed E-state index contributed by atoms with van der Waals surface area (Å²) in [7, 11) is 0. The molecule has 0 aliphatic carbocycles. The Morgan fingerprint density at radius 2 is 1.95 bits per heavy atom. The number of nitrogens with one attached hydrogen (secondary N) is 1. The van der Waals surface area contributed by atoms with Crippen LogP contribution in [0, 0.1) is 5.92 Å². The average molecular weight is 275 g/mol. The van der Waals surface area contributed by atoms with E-state index in [1.807, 2.05) is 0 Å². The van der Waals surface area contributed by atoms with E-state index in [1.165, 1.54) is 0 Å². The molecule has 0 unspecified atom stereocenters. The molecule has 19 heavy (non-hydrogen) atoms. The van der Waals surface area contributed by atoms with Crippen molar-refractivity contribution in [3.8, 4) is 0 Å². The van der Waals surface area contributed by atoms with Gasteiger partial charge in [-0.25, -0.2) is 4.98 Å². The second-order valence-corrected chi connectivity index (χ2v) is 4.98. The molecule has 1 rings (SSSR count). The highest BCUT2D eigenvalue weighted by Gasteiger charge is 2.31. The first kappa shape index (κ1) is 15.6. The van der Waals surface area contributed by atoms with Crippen LogP contribution in [0.1, 0.15) is 38.7 Å². The maximum atomic E-state index is 12.6. The number of alkyl halides is 3. The van der Waals surface area contributed by atoms with Gasteiger partial charge in [0.15, 0.2) is 0 Å². The summed E-state index contributed by atoms with van der Waals surface area (Å²) in [6, 6.07) is 1.82. The van der Waals surface area contributed by atoms with E-state index in [4.69, 9.17) is 5.73 Å². The molecular formula is C13H20F3N3. The summed E-state index contributed by atoms with van der Waals surface area (Å²) in [6.45, 7) is 4.88. The quantitative estimate of drug-likeness (QED) is 0.774. The van der Waals surface area contributed by atoms with E-state index in [1.54, 1.807) is 0 Å². The molecule has 0 fully saturated rings. The van der Waals surface area contributed by atoms with E-state index in [0.29, 0.717) is 12.5 Å². The SMILES string of the molecule is CC(C)CCCCNc1cc(C(F)(F)F)cc(N)n1. The first-order valence-electron chi connectivity index (χ1n) is 6.37. The van der Waals surface area contributed by atoms with Crippen LogP contribution >= 0.6 is 0 Å². The van der Waals surface area contributed by atoms with Crippen molar-refractivity contribution in [1.82, 2.24) is 4.98 Å². The zero-order chi connectivity index (χ0) is 14.5. The highest BCUT2D eigenvalue weighted by molar-refractivity contribution is 5.47. The Bertz CT molecular complexity index is 403. The highest BCUT2D eigenvalue weighted by Crippen LogP contribution is 2.31. The zero-order valence-corrected chi connectivity index (χ0v) is 11.2. The predicted molar refractivity (Wildman–Crippen MR) is 70.8 cm³/mol. The molecule has 0 aromatic carbocycles. The van der Waals surface area contributed by atoms with Gasteiger partial charge in [0.2, 0.25) is 0 Å². The summed E-state index contributed by atoms with van der Waals surface area (Å²) in [5, 5.41) is 2.88. The van der Waals surface area contributed by atoms with E-state index < -0.39 is 11.7 Å². The van der Waals surface area contributed by atoms with Gasteiger partial charge in [-0.2, -0.15) is 13.2 Å². The molecule has 1 aromatic rings. The lowest BCUT2D eigenvalue weighted by Gasteiger charge is -2.11. The number of hydrogen-bond acceptors (Lipinski definition) is 3. The third-order valence-electron chi connectivity index (χ3n) is 2.69. The van der Waals surface area contributed by atoms with Gasteiger partial charge >= 0.3 is 6.18 Å². The third kappa shape index (κ3) is 5.81. The van der Waals surface area contributed by atoms with Gasteiger partial charge < -0.3 is 11.1 Å². The molecule has 0 bridgehead atoms. The van der Waals surface area contributed by atoms with Crippen LogP contribution in [0.15, 0.2) is 12.1 Å². The van der Waals surface area contributed by atoms with Gasteiger partial charge in [-0.15, -0.1) is 0 Å². The first-order chi connectivity index (χ1) is 8.79. The molecule has 0 saturated carbocycles. The van der Waals surface area contributed by atoms with Crippen molar-refractivity contribution in [3.63, 3.8) is 0 Å². The first-order valence-corrected chi connectivity index (χ1v) is 6.37. The Labute approximate surface area is 111 Å². The maximum absolute atomic E-state index is 12.6. The molecule has 0 radical (unpaired) electrons. The number of rotatable bonds is 6. The Hall–Kier alpha value is -1.46. The minimum Gasteiger partial charge on any atom is -0.384 e. The summed E-state index contributed by atoms with van der Waals surface area (Å²) in [5.41, 5.74) is 4.60.